The van der Waals surface area contributed by atoms with E-state index in [0.717, 1.165) is 25.5 Å². The maximum atomic E-state index is 12.6. The van der Waals surface area contributed by atoms with Crippen molar-refractivity contribution in [1.29, 1.82) is 0 Å². The zero-order valence-corrected chi connectivity index (χ0v) is 16.0. The summed E-state index contributed by atoms with van der Waals surface area (Å²) >= 11 is 0. The van der Waals surface area contributed by atoms with E-state index in [1.54, 1.807) is 12.3 Å². The molecule has 1 fully saturated rings. The summed E-state index contributed by atoms with van der Waals surface area (Å²) in [6, 6.07) is 5.54. The normalized spacial score (nSPS) is 19.2. The number of ether oxygens (including phenoxy) is 2. The highest BCUT2D eigenvalue weighted by Crippen LogP contribution is 2.32. The molecule has 1 saturated heterocycles. The largest absolute Gasteiger partial charge is 0.486 e. The molecule has 1 atom stereocenters. The number of hydrogen-bond donors (Lipinski definition) is 2. The zero-order valence-electron chi connectivity index (χ0n) is 15.2. The topological polar surface area (TPSA) is 80.7 Å². The van der Waals surface area contributed by atoms with E-state index in [4.69, 9.17) is 9.47 Å². The molecule has 2 N–H and O–H groups in total. The predicted molar refractivity (Wildman–Crippen MR) is 104 cm³/mol. The summed E-state index contributed by atoms with van der Waals surface area (Å²) in [4.78, 5) is 19.2. The van der Waals surface area contributed by atoms with E-state index < -0.39 is 0 Å². The molecule has 3 heterocycles. The molecule has 0 saturated carbocycles. The number of aromatic nitrogens is 2. The Bertz CT molecular complexity index is 797. The highest BCUT2D eigenvalue weighted by atomic mass is 35.5. The van der Waals surface area contributed by atoms with Crippen LogP contribution in [0.4, 0.5) is 5.69 Å². The van der Waals surface area contributed by atoms with E-state index in [9.17, 15) is 4.79 Å². The van der Waals surface area contributed by atoms with Gasteiger partial charge < -0.3 is 24.7 Å². The Morgan fingerprint density at radius 1 is 1.33 bits per heavy atom. The first-order valence-electron chi connectivity index (χ1n) is 8.82. The van der Waals surface area contributed by atoms with Crippen molar-refractivity contribution < 1.29 is 14.3 Å². The fourth-order valence-corrected chi connectivity index (χ4v) is 3.39. The highest BCUT2D eigenvalue weighted by Gasteiger charge is 2.28. The Hall–Kier alpha value is -2.29. The minimum absolute atomic E-state index is 0. The van der Waals surface area contributed by atoms with Crippen LogP contribution < -0.4 is 20.1 Å². The minimum Gasteiger partial charge on any atom is -0.486 e. The van der Waals surface area contributed by atoms with Gasteiger partial charge in [-0.15, -0.1) is 12.4 Å². The van der Waals surface area contributed by atoms with Crippen LogP contribution in [0.25, 0.3) is 0 Å². The Labute approximate surface area is 164 Å². The molecular weight excluding hydrogens is 370 g/mol. The van der Waals surface area contributed by atoms with Gasteiger partial charge in [-0.25, -0.2) is 4.98 Å². The summed E-state index contributed by atoms with van der Waals surface area (Å²) in [7, 11) is 1.98. The van der Waals surface area contributed by atoms with Crippen molar-refractivity contribution in [3.8, 4) is 11.5 Å². The maximum Gasteiger partial charge on any atom is 0.238 e. The van der Waals surface area contributed by atoms with Crippen molar-refractivity contribution in [1.82, 2.24) is 19.8 Å². The van der Waals surface area contributed by atoms with Crippen molar-refractivity contribution >= 4 is 24.0 Å². The van der Waals surface area contributed by atoms with E-state index >= 15 is 0 Å². The number of hydrogen-bond acceptors (Lipinski definition) is 6. The molecule has 2 aromatic rings. The number of rotatable bonds is 4. The lowest BCUT2D eigenvalue weighted by Gasteiger charge is -2.35. The first kappa shape index (κ1) is 19.5. The molecule has 0 aliphatic carbocycles. The van der Waals surface area contributed by atoms with Crippen LogP contribution in [0.15, 0.2) is 30.6 Å². The number of amides is 1. The van der Waals surface area contributed by atoms with Crippen molar-refractivity contribution in [3.05, 3.63) is 36.4 Å². The molecule has 8 nitrogen and oxygen atoms in total. The number of anilines is 1. The summed E-state index contributed by atoms with van der Waals surface area (Å²) < 4.78 is 13.1. The van der Waals surface area contributed by atoms with Crippen LogP contribution in [0.1, 0.15) is 11.9 Å². The number of fused-ring (bicyclic) bond motifs is 1. The van der Waals surface area contributed by atoms with E-state index in [2.05, 4.69) is 20.5 Å². The van der Waals surface area contributed by atoms with Gasteiger partial charge in [0.25, 0.3) is 0 Å². The van der Waals surface area contributed by atoms with Crippen LogP contribution >= 0.6 is 12.4 Å². The molecule has 1 aromatic carbocycles. The van der Waals surface area contributed by atoms with Crippen molar-refractivity contribution in [2.24, 2.45) is 7.05 Å². The summed E-state index contributed by atoms with van der Waals surface area (Å²) in [5, 5.41) is 6.34. The first-order valence-corrected chi connectivity index (χ1v) is 8.82. The highest BCUT2D eigenvalue weighted by molar-refractivity contribution is 5.92. The van der Waals surface area contributed by atoms with Gasteiger partial charge in [-0.3, -0.25) is 9.69 Å². The van der Waals surface area contributed by atoms with Crippen LogP contribution in [-0.4, -0.2) is 59.8 Å². The number of imidazole rings is 1. The van der Waals surface area contributed by atoms with Gasteiger partial charge in [0.1, 0.15) is 19.0 Å². The number of benzene rings is 1. The van der Waals surface area contributed by atoms with Crippen molar-refractivity contribution in [2.45, 2.75) is 6.04 Å². The molecule has 2 aliphatic heterocycles. The Balaban J connectivity index is 0.00000210. The molecule has 9 heteroatoms. The zero-order chi connectivity index (χ0) is 17.9. The summed E-state index contributed by atoms with van der Waals surface area (Å²) in [6.07, 6.45) is 3.72. The molecule has 1 aromatic heterocycles. The van der Waals surface area contributed by atoms with Crippen LogP contribution in [0, 0.1) is 0 Å². The van der Waals surface area contributed by atoms with Crippen LogP contribution in [0.2, 0.25) is 0 Å². The predicted octanol–water partition coefficient (Wildman–Crippen LogP) is 1.20. The quantitative estimate of drug-likeness (QED) is 0.812. The van der Waals surface area contributed by atoms with Gasteiger partial charge in [0.2, 0.25) is 5.91 Å². The summed E-state index contributed by atoms with van der Waals surface area (Å²) in [5.74, 6) is 2.29. The molecule has 4 rings (SSSR count). The fourth-order valence-electron chi connectivity index (χ4n) is 3.39. The number of nitrogens with zero attached hydrogens (tertiary/aromatic N) is 3. The Morgan fingerprint density at radius 2 is 2.15 bits per heavy atom. The summed E-state index contributed by atoms with van der Waals surface area (Å²) in [5.41, 5.74) is 0.711. The van der Waals surface area contributed by atoms with Gasteiger partial charge in [-0.05, 0) is 12.1 Å². The third-order valence-electron chi connectivity index (χ3n) is 4.68. The lowest BCUT2D eigenvalue weighted by Crippen LogP contribution is -2.49. The lowest BCUT2D eigenvalue weighted by molar-refractivity contribution is -0.118. The van der Waals surface area contributed by atoms with E-state index in [0.29, 0.717) is 36.9 Å². The molecule has 1 amide bonds. The Morgan fingerprint density at radius 3 is 2.93 bits per heavy atom. The van der Waals surface area contributed by atoms with Crippen molar-refractivity contribution in [2.75, 3.05) is 44.7 Å². The number of halogens is 1. The molecule has 0 bridgehead atoms. The van der Waals surface area contributed by atoms with Gasteiger partial charge in [-0.1, -0.05) is 0 Å². The number of piperazine rings is 1. The Kier molecular flexibility index (Phi) is 6.20. The molecule has 2 aliphatic rings. The second kappa shape index (κ2) is 8.60. The monoisotopic (exact) mass is 393 g/mol. The number of aryl methyl sites for hydroxylation is 1. The third-order valence-corrected chi connectivity index (χ3v) is 4.68. The SMILES string of the molecule is Cl.Cn1ccnc1C1CNCCN1CC(=O)Nc1ccc2c(c1)OCCO2. The van der Waals surface area contributed by atoms with Crippen molar-refractivity contribution in [3.63, 3.8) is 0 Å². The van der Waals surface area contributed by atoms with E-state index in [1.165, 1.54) is 0 Å². The smallest absolute Gasteiger partial charge is 0.238 e. The van der Waals surface area contributed by atoms with E-state index in [-0.39, 0.29) is 24.4 Å². The van der Waals surface area contributed by atoms with Crippen LogP contribution in [0.5, 0.6) is 11.5 Å². The van der Waals surface area contributed by atoms with Gasteiger partial charge in [0.15, 0.2) is 11.5 Å². The van der Waals surface area contributed by atoms with Crippen LogP contribution in [0.3, 0.4) is 0 Å². The average molecular weight is 394 g/mol. The third kappa shape index (κ3) is 4.35. The van der Waals surface area contributed by atoms with Gasteiger partial charge in [0.05, 0.1) is 12.6 Å². The second-order valence-electron chi connectivity index (χ2n) is 6.49. The maximum absolute atomic E-state index is 12.6. The molecule has 0 radical (unpaired) electrons. The van der Waals surface area contributed by atoms with Gasteiger partial charge in [-0.2, -0.15) is 0 Å². The average Bonchev–Trinajstić information content (AvgIpc) is 3.08. The van der Waals surface area contributed by atoms with E-state index in [1.807, 2.05) is 29.9 Å². The lowest BCUT2D eigenvalue weighted by atomic mass is 10.1. The van der Waals surface area contributed by atoms with Crippen LogP contribution in [-0.2, 0) is 11.8 Å². The standard InChI is InChI=1S/C18H23N5O3.ClH/c1-22-6-5-20-18(22)14-11-19-4-7-23(14)12-17(24)21-13-2-3-15-16(10-13)26-9-8-25-15;/h2-3,5-6,10,14,19H,4,7-9,11-12H2,1H3,(H,21,24);1H. The number of carbonyl (C=O) groups is 1. The number of carbonyl (C=O) groups excluding carboxylic acids is 1. The molecule has 146 valence electrons. The molecule has 27 heavy (non-hydrogen) atoms. The molecular formula is C18H24ClN5O3. The molecule has 1 unspecified atom stereocenters. The fraction of sp³-hybridized carbons (Fsp3) is 0.444. The van der Waals surface area contributed by atoms with Gasteiger partial charge >= 0.3 is 0 Å². The molecule has 0 spiro atoms. The summed E-state index contributed by atoms with van der Waals surface area (Å²) in [6.45, 7) is 3.83. The number of nitrogens with one attached hydrogen (secondary N) is 2. The first-order chi connectivity index (χ1) is 12.7. The van der Waals surface area contributed by atoms with Gasteiger partial charge in [0, 0.05) is 50.8 Å². The second-order valence-corrected chi connectivity index (χ2v) is 6.49. The minimum atomic E-state index is -0.0530.